The molecule has 0 bridgehead atoms. The molecule has 20 heavy (non-hydrogen) atoms. The highest BCUT2D eigenvalue weighted by molar-refractivity contribution is 5.78. The number of aromatic amines is 1. The van der Waals surface area contributed by atoms with E-state index in [-0.39, 0.29) is 18.4 Å². The van der Waals surface area contributed by atoms with Gasteiger partial charge in [0.2, 0.25) is 0 Å². The summed E-state index contributed by atoms with van der Waals surface area (Å²) in [7, 11) is 0. The van der Waals surface area contributed by atoms with Gasteiger partial charge in [-0.05, 0) is 19.1 Å². The lowest BCUT2D eigenvalue weighted by molar-refractivity contribution is -0.123. The van der Waals surface area contributed by atoms with Crippen LogP contribution in [0.5, 0.6) is 5.75 Å². The van der Waals surface area contributed by atoms with E-state index in [0.717, 1.165) is 17.7 Å². The lowest BCUT2D eigenvalue weighted by Crippen LogP contribution is -2.31. The minimum absolute atomic E-state index is 0.169. The molecule has 1 heterocycles. The highest BCUT2D eigenvalue weighted by atomic mass is 19.1. The van der Waals surface area contributed by atoms with Gasteiger partial charge >= 0.3 is 0 Å². The normalized spacial score (nSPS) is 11.9. The van der Waals surface area contributed by atoms with E-state index in [1.165, 1.54) is 0 Å². The molecule has 1 aromatic carbocycles. The molecule has 106 valence electrons. The Hall–Kier alpha value is -2.44. The third-order valence-electron chi connectivity index (χ3n) is 2.65. The number of aromatic nitrogens is 2. The minimum atomic E-state index is -0.847. The summed E-state index contributed by atoms with van der Waals surface area (Å²) >= 11 is 0. The Morgan fingerprint density at radius 1 is 1.50 bits per heavy atom. The van der Waals surface area contributed by atoms with Gasteiger partial charge in [0.25, 0.3) is 5.91 Å². The van der Waals surface area contributed by atoms with E-state index in [2.05, 4.69) is 15.5 Å². The fourth-order valence-corrected chi connectivity index (χ4v) is 1.60. The molecule has 0 radical (unpaired) electrons. The maximum atomic E-state index is 13.3. The van der Waals surface area contributed by atoms with Crippen LogP contribution in [-0.2, 0) is 4.79 Å². The lowest BCUT2D eigenvalue weighted by atomic mass is 10.2. The summed E-state index contributed by atoms with van der Waals surface area (Å²) in [6, 6.07) is 2.64. The number of carbonyl (C=O) groups is 1. The largest absolute Gasteiger partial charge is 0.481 e. The van der Waals surface area contributed by atoms with Crippen molar-refractivity contribution >= 4 is 5.91 Å². The Morgan fingerprint density at radius 3 is 2.95 bits per heavy atom. The van der Waals surface area contributed by atoms with E-state index in [9.17, 15) is 13.6 Å². The Bertz CT molecular complexity index is 587. The fourth-order valence-electron chi connectivity index (χ4n) is 1.60. The molecule has 5 nitrogen and oxygen atoms in total. The molecule has 0 aliphatic carbocycles. The summed E-state index contributed by atoms with van der Waals surface area (Å²) in [5.74, 6) is -2.13. The van der Waals surface area contributed by atoms with Gasteiger partial charge in [0, 0.05) is 17.8 Å². The molecule has 0 aliphatic heterocycles. The van der Waals surface area contributed by atoms with Crippen LogP contribution in [0.1, 0.15) is 18.5 Å². The predicted molar refractivity (Wildman–Crippen MR) is 67.0 cm³/mol. The van der Waals surface area contributed by atoms with Crippen molar-refractivity contribution in [3.63, 3.8) is 0 Å². The second-order valence-electron chi connectivity index (χ2n) is 4.18. The van der Waals surface area contributed by atoms with Gasteiger partial charge in [0.1, 0.15) is 5.82 Å². The monoisotopic (exact) mass is 281 g/mol. The second kappa shape index (κ2) is 6.14. The smallest absolute Gasteiger partial charge is 0.258 e. The number of H-pyrrole nitrogens is 1. The van der Waals surface area contributed by atoms with Crippen molar-refractivity contribution in [1.82, 2.24) is 15.5 Å². The van der Waals surface area contributed by atoms with E-state index in [4.69, 9.17) is 4.74 Å². The maximum absolute atomic E-state index is 13.3. The van der Waals surface area contributed by atoms with Crippen LogP contribution in [0.3, 0.4) is 0 Å². The maximum Gasteiger partial charge on any atom is 0.258 e. The van der Waals surface area contributed by atoms with E-state index in [1.54, 1.807) is 19.3 Å². The van der Waals surface area contributed by atoms with E-state index in [0.29, 0.717) is 6.07 Å². The standard InChI is InChI=1S/C13H13F2N3O2/c1-8(9-5-16-17-6-9)18-13(19)7-20-12-3-2-10(14)4-11(12)15/h2-6,8H,7H2,1H3,(H,16,17)(H,18,19). The molecule has 2 rings (SSSR count). The van der Waals surface area contributed by atoms with Gasteiger partial charge < -0.3 is 10.1 Å². The molecule has 7 heteroatoms. The van der Waals surface area contributed by atoms with Crippen LogP contribution in [0.25, 0.3) is 0 Å². The summed E-state index contributed by atoms with van der Waals surface area (Å²) in [5, 5.41) is 9.07. The van der Waals surface area contributed by atoms with Crippen LogP contribution >= 0.6 is 0 Å². The molecule has 1 amide bonds. The molecule has 0 saturated carbocycles. The molecule has 1 aromatic heterocycles. The van der Waals surface area contributed by atoms with E-state index < -0.39 is 17.5 Å². The summed E-state index contributed by atoms with van der Waals surface area (Å²) in [6.07, 6.45) is 3.25. The number of ether oxygens (including phenoxy) is 1. The number of hydrogen-bond donors (Lipinski definition) is 2. The number of hydrogen-bond acceptors (Lipinski definition) is 3. The van der Waals surface area contributed by atoms with E-state index in [1.807, 2.05) is 0 Å². The summed E-state index contributed by atoms with van der Waals surface area (Å²) in [6.45, 7) is 1.42. The number of nitrogens with zero attached hydrogens (tertiary/aromatic N) is 1. The second-order valence-corrected chi connectivity index (χ2v) is 4.18. The molecule has 0 saturated heterocycles. The van der Waals surface area contributed by atoms with Crippen molar-refractivity contribution in [2.45, 2.75) is 13.0 Å². The number of amides is 1. The molecule has 1 unspecified atom stereocenters. The highest BCUT2D eigenvalue weighted by Gasteiger charge is 2.12. The van der Waals surface area contributed by atoms with Gasteiger partial charge in [-0.1, -0.05) is 0 Å². The first-order valence-corrected chi connectivity index (χ1v) is 5.92. The topological polar surface area (TPSA) is 67.0 Å². The molecular weight excluding hydrogens is 268 g/mol. The first-order chi connectivity index (χ1) is 9.56. The van der Waals surface area contributed by atoms with Crippen molar-refractivity contribution in [3.8, 4) is 5.75 Å². The lowest BCUT2D eigenvalue weighted by Gasteiger charge is -2.12. The van der Waals surface area contributed by atoms with Gasteiger partial charge in [-0.3, -0.25) is 9.89 Å². The van der Waals surface area contributed by atoms with Gasteiger partial charge in [-0.15, -0.1) is 0 Å². The molecule has 2 N–H and O–H groups in total. The van der Waals surface area contributed by atoms with Crippen molar-refractivity contribution < 1.29 is 18.3 Å². The van der Waals surface area contributed by atoms with Crippen molar-refractivity contribution in [1.29, 1.82) is 0 Å². The predicted octanol–water partition coefficient (Wildman–Crippen LogP) is 1.94. The zero-order chi connectivity index (χ0) is 14.5. The summed E-state index contributed by atoms with van der Waals surface area (Å²) < 4.78 is 31.0. The first kappa shape index (κ1) is 14.0. The van der Waals surface area contributed by atoms with Crippen LogP contribution < -0.4 is 10.1 Å². The van der Waals surface area contributed by atoms with Crippen LogP contribution in [0, 0.1) is 11.6 Å². The fraction of sp³-hybridized carbons (Fsp3) is 0.231. The van der Waals surface area contributed by atoms with Crippen LogP contribution in [0.2, 0.25) is 0 Å². The van der Waals surface area contributed by atoms with Crippen molar-refractivity contribution in [3.05, 3.63) is 47.8 Å². The zero-order valence-corrected chi connectivity index (χ0v) is 10.7. The molecule has 0 aliphatic rings. The molecule has 2 aromatic rings. The quantitative estimate of drug-likeness (QED) is 0.880. The molecule has 0 spiro atoms. The molecule has 1 atom stereocenters. The molecular formula is C13H13F2N3O2. The first-order valence-electron chi connectivity index (χ1n) is 5.92. The Morgan fingerprint density at radius 2 is 2.30 bits per heavy atom. The Kier molecular flexibility index (Phi) is 4.29. The highest BCUT2D eigenvalue weighted by Crippen LogP contribution is 2.17. The van der Waals surface area contributed by atoms with Gasteiger partial charge in [0.05, 0.1) is 12.2 Å². The Labute approximate surface area is 114 Å². The number of benzene rings is 1. The van der Waals surface area contributed by atoms with Gasteiger partial charge in [0.15, 0.2) is 18.2 Å². The van der Waals surface area contributed by atoms with Crippen molar-refractivity contribution in [2.75, 3.05) is 6.61 Å². The average Bonchev–Trinajstić information content (AvgIpc) is 2.91. The Balaban J connectivity index is 1.86. The van der Waals surface area contributed by atoms with Gasteiger partial charge in [-0.25, -0.2) is 8.78 Å². The van der Waals surface area contributed by atoms with Gasteiger partial charge in [-0.2, -0.15) is 5.10 Å². The van der Waals surface area contributed by atoms with Crippen LogP contribution in [-0.4, -0.2) is 22.7 Å². The zero-order valence-electron chi connectivity index (χ0n) is 10.7. The van der Waals surface area contributed by atoms with E-state index >= 15 is 0 Å². The average molecular weight is 281 g/mol. The molecule has 0 fully saturated rings. The number of carbonyl (C=O) groups excluding carboxylic acids is 1. The number of nitrogens with one attached hydrogen (secondary N) is 2. The van der Waals surface area contributed by atoms with Crippen LogP contribution in [0.4, 0.5) is 8.78 Å². The summed E-state index contributed by atoms with van der Waals surface area (Å²) in [5.41, 5.74) is 0.811. The minimum Gasteiger partial charge on any atom is -0.481 e. The third-order valence-corrected chi connectivity index (χ3v) is 2.65. The number of halogens is 2. The summed E-state index contributed by atoms with van der Waals surface area (Å²) in [4.78, 5) is 11.6. The van der Waals surface area contributed by atoms with Crippen LogP contribution in [0.15, 0.2) is 30.6 Å². The van der Waals surface area contributed by atoms with Crippen molar-refractivity contribution in [2.24, 2.45) is 0 Å². The SMILES string of the molecule is CC(NC(=O)COc1ccc(F)cc1F)c1cn[nH]c1. The number of rotatable bonds is 5. The third kappa shape index (κ3) is 3.53.